The largest absolute Gasteiger partial charge is 0.457 e. The van der Waals surface area contributed by atoms with Gasteiger partial charge in [0.25, 0.3) is 0 Å². The van der Waals surface area contributed by atoms with Crippen LogP contribution in [0.1, 0.15) is 0 Å². The lowest BCUT2D eigenvalue weighted by atomic mass is 10.3. The maximum atomic E-state index is 11.3. The number of ether oxygens (including phenoxy) is 1. The summed E-state index contributed by atoms with van der Waals surface area (Å²) in [6, 6.07) is 14.9. The smallest absolute Gasteiger partial charge is 0.312 e. The van der Waals surface area contributed by atoms with Gasteiger partial charge in [0.1, 0.15) is 11.5 Å². The molecule has 5 nitrogen and oxygen atoms in total. The zero-order valence-electron chi connectivity index (χ0n) is 9.31. The Morgan fingerprint density at radius 1 is 0.833 bits per heavy atom. The van der Waals surface area contributed by atoms with Crippen LogP contribution in [0.2, 0.25) is 0 Å². The summed E-state index contributed by atoms with van der Waals surface area (Å²) in [7, 11) is -3.87. The standard InChI is InChI=1S/C12H11NO4S/c13-17-18(14,15)12-8-6-11(7-9-12)16-10-4-2-1-3-5-10/h1-9H,13H2. The van der Waals surface area contributed by atoms with Crippen LogP contribution in [0.5, 0.6) is 11.5 Å². The first-order chi connectivity index (χ1) is 8.62. The van der Waals surface area contributed by atoms with Gasteiger partial charge in [0.15, 0.2) is 0 Å². The molecule has 0 aromatic heterocycles. The molecule has 0 amide bonds. The van der Waals surface area contributed by atoms with E-state index < -0.39 is 10.1 Å². The minimum Gasteiger partial charge on any atom is -0.457 e. The van der Waals surface area contributed by atoms with Gasteiger partial charge in [0, 0.05) is 0 Å². The van der Waals surface area contributed by atoms with E-state index in [9.17, 15) is 8.42 Å². The van der Waals surface area contributed by atoms with E-state index in [2.05, 4.69) is 10.2 Å². The summed E-state index contributed by atoms with van der Waals surface area (Å²) < 4.78 is 32.0. The van der Waals surface area contributed by atoms with Crippen LogP contribution in [0.3, 0.4) is 0 Å². The molecule has 0 saturated heterocycles. The van der Waals surface area contributed by atoms with Crippen LogP contribution < -0.4 is 10.6 Å². The van der Waals surface area contributed by atoms with Gasteiger partial charge in [-0.1, -0.05) is 18.2 Å². The molecular weight excluding hydrogens is 254 g/mol. The molecule has 2 rings (SSSR count). The molecule has 0 bridgehead atoms. The zero-order chi connectivity index (χ0) is 13.0. The minimum atomic E-state index is -3.87. The van der Waals surface area contributed by atoms with E-state index in [1.165, 1.54) is 24.3 Å². The third-order valence-electron chi connectivity index (χ3n) is 2.22. The van der Waals surface area contributed by atoms with Crippen LogP contribution in [0.4, 0.5) is 0 Å². The van der Waals surface area contributed by atoms with Crippen molar-refractivity contribution < 1.29 is 17.4 Å². The average molecular weight is 265 g/mol. The van der Waals surface area contributed by atoms with Crippen molar-refractivity contribution in [1.82, 2.24) is 0 Å². The Hall–Kier alpha value is -1.89. The van der Waals surface area contributed by atoms with Crippen molar-refractivity contribution in [1.29, 1.82) is 0 Å². The van der Waals surface area contributed by atoms with Gasteiger partial charge in [-0.05, 0) is 36.4 Å². The van der Waals surface area contributed by atoms with E-state index in [-0.39, 0.29) is 4.90 Å². The van der Waals surface area contributed by atoms with Crippen LogP contribution in [0.25, 0.3) is 0 Å². The predicted molar refractivity (Wildman–Crippen MR) is 65.4 cm³/mol. The van der Waals surface area contributed by atoms with Gasteiger partial charge in [-0.3, -0.25) is 0 Å². The molecule has 0 aliphatic heterocycles. The van der Waals surface area contributed by atoms with E-state index >= 15 is 0 Å². The number of nitrogens with two attached hydrogens (primary N) is 1. The Kier molecular flexibility index (Phi) is 3.61. The predicted octanol–water partition coefficient (Wildman–Crippen LogP) is 2.06. The Morgan fingerprint density at radius 2 is 1.39 bits per heavy atom. The van der Waals surface area contributed by atoms with Crippen LogP contribution in [0.15, 0.2) is 59.5 Å². The third kappa shape index (κ3) is 2.86. The van der Waals surface area contributed by atoms with Crippen LogP contribution in [0, 0.1) is 0 Å². The van der Waals surface area contributed by atoms with Crippen molar-refractivity contribution in [3.63, 3.8) is 0 Å². The lowest BCUT2D eigenvalue weighted by Crippen LogP contribution is -2.10. The molecule has 6 heteroatoms. The highest BCUT2D eigenvalue weighted by atomic mass is 32.2. The second-order valence-electron chi connectivity index (χ2n) is 3.44. The molecule has 0 heterocycles. The zero-order valence-corrected chi connectivity index (χ0v) is 10.1. The number of hydrogen-bond acceptors (Lipinski definition) is 5. The van der Waals surface area contributed by atoms with E-state index in [0.717, 1.165) is 0 Å². The van der Waals surface area contributed by atoms with Crippen molar-refractivity contribution in [2.24, 2.45) is 5.90 Å². The van der Waals surface area contributed by atoms with Gasteiger partial charge in [-0.2, -0.15) is 18.6 Å². The van der Waals surface area contributed by atoms with Gasteiger partial charge < -0.3 is 4.74 Å². The van der Waals surface area contributed by atoms with Gasteiger partial charge in [-0.25, -0.2) is 0 Å². The van der Waals surface area contributed by atoms with Gasteiger partial charge in [-0.15, -0.1) is 0 Å². The van der Waals surface area contributed by atoms with Crippen molar-refractivity contribution in [3.8, 4) is 11.5 Å². The fourth-order valence-corrected chi connectivity index (χ4v) is 1.94. The summed E-state index contributed by atoms with van der Waals surface area (Å²) >= 11 is 0. The molecule has 2 aromatic rings. The molecule has 18 heavy (non-hydrogen) atoms. The van der Waals surface area contributed by atoms with Crippen LogP contribution in [-0.2, 0) is 14.4 Å². The summed E-state index contributed by atoms with van der Waals surface area (Å²) in [6.07, 6.45) is 0. The highest BCUT2D eigenvalue weighted by Gasteiger charge is 2.13. The summed E-state index contributed by atoms with van der Waals surface area (Å²) in [5.74, 6) is 5.88. The van der Waals surface area contributed by atoms with E-state index in [0.29, 0.717) is 11.5 Å². The third-order valence-corrected chi connectivity index (χ3v) is 3.32. The monoisotopic (exact) mass is 265 g/mol. The van der Waals surface area contributed by atoms with Crippen LogP contribution >= 0.6 is 0 Å². The lowest BCUT2D eigenvalue weighted by Gasteiger charge is -2.06. The number of para-hydroxylation sites is 1. The Labute approximate surface area is 105 Å². The molecule has 2 aromatic carbocycles. The second kappa shape index (κ2) is 5.18. The average Bonchev–Trinajstić information content (AvgIpc) is 2.40. The second-order valence-corrected chi connectivity index (χ2v) is 5.01. The van der Waals surface area contributed by atoms with Gasteiger partial charge in [0.2, 0.25) is 0 Å². The number of benzene rings is 2. The molecule has 0 aliphatic rings. The first-order valence-electron chi connectivity index (χ1n) is 5.08. The Bertz CT molecular complexity index is 608. The van der Waals surface area contributed by atoms with Crippen molar-refractivity contribution >= 4 is 10.1 Å². The molecule has 0 unspecified atom stereocenters. The Balaban J connectivity index is 2.19. The van der Waals surface area contributed by atoms with Gasteiger partial charge in [0.05, 0.1) is 4.90 Å². The molecule has 0 radical (unpaired) electrons. The summed E-state index contributed by atoms with van der Waals surface area (Å²) in [5.41, 5.74) is 0. The van der Waals surface area contributed by atoms with Crippen molar-refractivity contribution in [2.45, 2.75) is 4.90 Å². The van der Waals surface area contributed by atoms with Gasteiger partial charge >= 0.3 is 10.1 Å². The molecule has 0 aliphatic carbocycles. The SMILES string of the molecule is NOS(=O)(=O)c1ccc(Oc2ccccc2)cc1. The molecule has 0 atom stereocenters. The lowest BCUT2D eigenvalue weighted by molar-refractivity contribution is 0.333. The fraction of sp³-hybridized carbons (Fsp3) is 0. The highest BCUT2D eigenvalue weighted by Crippen LogP contribution is 2.22. The van der Waals surface area contributed by atoms with Crippen molar-refractivity contribution in [3.05, 3.63) is 54.6 Å². The maximum Gasteiger partial charge on any atom is 0.312 e. The molecule has 94 valence electrons. The highest BCUT2D eigenvalue weighted by molar-refractivity contribution is 7.86. The summed E-state index contributed by atoms with van der Waals surface area (Å²) in [6.45, 7) is 0. The van der Waals surface area contributed by atoms with E-state index in [4.69, 9.17) is 4.74 Å². The fourth-order valence-electron chi connectivity index (χ4n) is 1.35. The maximum absolute atomic E-state index is 11.3. The number of rotatable bonds is 4. The summed E-state index contributed by atoms with van der Waals surface area (Å²) in [5, 5.41) is 0. The first kappa shape index (κ1) is 12.6. The van der Waals surface area contributed by atoms with Crippen LogP contribution in [-0.4, -0.2) is 8.42 Å². The number of hydrogen-bond donors (Lipinski definition) is 1. The van der Waals surface area contributed by atoms with Crippen molar-refractivity contribution in [2.75, 3.05) is 0 Å². The first-order valence-corrected chi connectivity index (χ1v) is 6.49. The van der Waals surface area contributed by atoms with E-state index in [1.807, 2.05) is 18.2 Å². The normalized spacial score (nSPS) is 11.2. The molecule has 2 N–H and O–H groups in total. The molecule has 0 fully saturated rings. The minimum absolute atomic E-state index is 0.0228. The summed E-state index contributed by atoms with van der Waals surface area (Å²) in [4.78, 5) is -0.0228. The van der Waals surface area contributed by atoms with E-state index in [1.54, 1.807) is 12.1 Å². The quantitative estimate of drug-likeness (QED) is 0.856. The topological polar surface area (TPSA) is 78.6 Å². The molecule has 0 saturated carbocycles. The molecule has 0 spiro atoms. The molecular formula is C12H11NO4S. The Morgan fingerprint density at radius 3 is 1.94 bits per heavy atom.